The predicted molar refractivity (Wildman–Crippen MR) is 105 cm³/mol. The van der Waals surface area contributed by atoms with E-state index >= 15 is 0 Å². The molecule has 1 saturated heterocycles. The van der Waals surface area contributed by atoms with E-state index in [0.29, 0.717) is 19.0 Å². The van der Waals surface area contributed by atoms with E-state index in [4.69, 9.17) is 9.72 Å². The molecule has 2 aliphatic rings. The molecule has 4 rings (SSSR count). The highest BCUT2D eigenvalue weighted by Crippen LogP contribution is 2.44. The Hall–Kier alpha value is -2.90. The number of nitrogens with zero attached hydrogens (tertiary/aromatic N) is 4. The number of methoxy groups -OCH3 is 1. The van der Waals surface area contributed by atoms with E-state index in [2.05, 4.69) is 9.97 Å². The number of aryl methyl sites for hydroxylation is 1. The standard InChI is InChI=1S/C20H25N5O3/c1-24(2)19-22-10-13-5-7-20(17(13)23-19)6-4-8-25(12-20)18(27)14-9-15(26)16(28-3)11-21-14/h9-11H,4-8,12H2,1-3H3,(H,21,26). The molecule has 2 aromatic rings. The highest BCUT2D eigenvalue weighted by atomic mass is 16.5. The molecule has 8 nitrogen and oxygen atoms in total. The molecule has 0 saturated carbocycles. The van der Waals surface area contributed by atoms with Crippen LogP contribution in [0, 0.1) is 0 Å². The summed E-state index contributed by atoms with van der Waals surface area (Å²) >= 11 is 0. The van der Waals surface area contributed by atoms with Crippen LogP contribution in [0.25, 0.3) is 0 Å². The lowest BCUT2D eigenvalue weighted by Gasteiger charge is -2.40. The lowest BCUT2D eigenvalue weighted by atomic mass is 9.77. The Morgan fingerprint density at radius 3 is 2.89 bits per heavy atom. The maximum absolute atomic E-state index is 13.1. The molecule has 0 aromatic carbocycles. The molecule has 1 atom stereocenters. The van der Waals surface area contributed by atoms with Crippen LogP contribution in [0.4, 0.5) is 5.95 Å². The first kappa shape index (κ1) is 18.5. The van der Waals surface area contributed by atoms with Crippen molar-refractivity contribution in [3.63, 3.8) is 0 Å². The lowest BCUT2D eigenvalue weighted by Crippen LogP contribution is -2.48. The van der Waals surface area contributed by atoms with Crippen molar-refractivity contribution < 1.29 is 9.53 Å². The largest absolute Gasteiger partial charge is 0.491 e. The van der Waals surface area contributed by atoms with Gasteiger partial charge in [-0.1, -0.05) is 0 Å². The first-order valence-corrected chi connectivity index (χ1v) is 9.53. The number of aromatic nitrogens is 3. The molecule has 0 radical (unpaired) electrons. The van der Waals surface area contributed by atoms with Gasteiger partial charge in [0, 0.05) is 51.1 Å². The second-order valence-corrected chi connectivity index (χ2v) is 7.83. The monoisotopic (exact) mass is 383 g/mol. The molecule has 8 heteroatoms. The van der Waals surface area contributed by atoms with E-state index in [0.717, 1.165) is 31.4 Å². The maximum Gasteiger partial charge on any atom is 0.270 e. The van der Waals surface area contributed by atoms with Gasteiger partial charge in [0.25, 0.3) is 5.91 Å². The lowest BCUT2D eigenvalue weighted by molar-refractivity contribution is 0.0627. The zero-order valence-corrected chi connectivity index (χ0v) is 16.5. The molecule has 28 heavy (non-hydrogen) atoms. The minimum atomic E-state index is -0.300. The molecule has 1 aliphatic carbocycles. The van der Waals surface area contributed by atoms with Gasteiger partial charge in [-0.15, -0.1) is 0 Å². The third kappa shape index (κ3) is 3.02. The fourth-order valence-corrected chi connectivity index (χ4v) is 4.36. The van der Waals surface area contributed by atoms with Gasteiger partial charge in [-0.25, -0.2) is 9.97 Å². The summed E-state index contributed by atoms with van der Waals surface area (Å²) in [5, 5.41) is 0. The van der Waals surface area contributed by atoms with E-state index in [1.807, 2.05) is 30.1 Å². The second kappa shape index (κ2) is 6.92. The number of likely N-dealkylation sites (tertiary alicyclic amines) is 1. The van der Waals surface area contributed by atoms with Crippen LogP contribution in [0.1, 0.15) is 41.0 Å². The predicted octanol–water partition coefficient (Wildman–Crippen LogP) is 1.36. The minimum absolute atomic E-state index is 0.135. The summed E-state index contributed by atoms with van der Waals surface area (Å²) in [6.07, 6.45) is 7.19. The molecule has 1 spiro atoms. The van der Waals surface area contributed by atoms with Crippen LogP contribution < -0.4 is 15.1 Å². The van der Waals surface area contributed by atoms with Crippen LogP contribution in [0.5, 0.6) is 5.75 Å². The van der Waals surface area contributed by atoms with Crippen LogP contribution in [0.2, 0.25) is 0 Å². The highest BCUT2D eigenvalue weighted by Gasteiger charge is 2.45. The van der Waals surface area contributed by atoms with Crippen molar-refractivity contribution in [3.05, 3.63) is 45.6 Å². The fourth-order valence-electron chi connectivity index (χ4n) is 4.36. The highest BCUT2D eigenvalue weighted by molar-refractivity contribution is 5.92. The Morgan fingerprint density at radius 2 is 2.18 bits per heavy atom. The molecular formula is C20H25N5O3. The minimum Gasteiger partial charge on any atom is -0.491 e. The van der Waals surface area contributed by atoms with Gasteiger partial charge in [-0.05, 0) is 31.2 Å². The van der Waals surface area contributed by atoms with Crippen molar-refractivity contribution in [2.45, 2.75) is 31.1 Å². The first-order chi connectivity index (χ1) is 13.4. The molecule has 1 N–H and O–H groups in total. The molecule has 2 aromatic heterocycles. The quantitative estimate of drug-likeness (QED) is 0.861. The zero-order chi connectivity index (χ0) is 19.9. The van der Waals surface area contributed by atoms with Crippen molar-refractivity contribution >= 4 is 11.9 Å². The van der Waals surface area contributed by atoms with Crippen LogP contribution in [0.15, 0.2) is 23.3 Å². The number of carbonyl (C=O) groups is 1. The van der Waals surface area contributed by atoms with Crippen LogP contribution in [-0.2, 0) is 11.8 Å². The SMILES string of the molecule is COc1c[nH]c(C(=O)N2CCCC3(CCc4cnc(N(C)C)nc43)C2)cc1=O. The molecular weight excluding hydrogens is 358 g/mol. The van der Waals surface area contributed by atoms with Gasteiger partial charge in [0.15, 0.2) is 5.75 Å². The second-order valence-electron chi connectivity index (χ2n) is 7.83. The summed E-state index contributed by atoms with van der Waals surface area (Å²) in [7, 11) is 5.29. The topological polar surface area (TPSA) is 91.4 Å². The summed E-state index contributed by atoms with van der Waals surface area (Å²) in [6.45, 7) is 1.28. The summed E-state index contributed by atoms with van der Waals surface area (Å²) in [5.74, 6) is 0.737. The number of aromatic amines is 1. The van der Waals surface area contributed by atoms with Gasteiger partial charge in [0.1, 0.15) is 5.69 Å². The Kier molecular flexibility index (Phi) is 4.56. The van der Waals surface area contributed by atoms with Crippen molar-refractivity contribution in [1.82, 2.24) is 19.9 Å². The maximum atomic E-state index is 13.1. The van der Waals surface area contributed by atoms with E-state index in [9.17, 15) is 9.59 Å². The summed E-state index contributed by atoms with van der Waals surface area (Å²) in [5.41, 5.74) is 2.11. The molecule has 3 heterocycles. The number of rotatable bonds is 3. The Morgan fingerprint density at radius 1 is 1.36 bits per heavy atom. The van der Waals surface area contributed by atoms with Crippen molar-refractivity contribution in [2.75, 3.05) is 39.2 Å². The molecule has 0 bridgehead atoms. The van der Waals surface area contributed by atoms with Gasteiger partial charge >= 0.3 is 0 Å². The fraction of sp³-hybridized carbons (Fsp3) is 0.500. The summed E-state index contributed by atoms with van der Waals surface area (Å²) in [6, 6.07) is 1.32. The molecule has 1 amide bonds. The van der Waals surface area contributed by atoms with Crippen LogP contribution >= 0.6 is 0 Å². The average molecular weight is 383 g/mol. The summed E-state index contributed by atoms with van der Waals surface area (Å²) < 4.78 is 4.98. The number of fused-ring (bicyclic) bond motifs is 2. The third-order valence-corrected chi connectivity index (χ3v) is 5.82. The van der Waals surface area contributed by atoms with E-state index in [-0.39, 0.29) is 28.2 Å². The number of anilines is 1. The number of H-pyrrole nitrogens is 1. The average Bonchev–Trinajstić information content (AvgIpc) is 3.04. The summed E-state index contributed by atoms with van der Waals surface area (Å²) in [4.78, 5) is 41.0. The van der Waals surface area contributed by atoms with Gasteiger partial charge in [-0.3, -0.25) is 9.59 Å². The number of hydrogen-bond acceptors (Lipinski definition) is 6. The van der Waals surface area contributed by atoms with E-state index < -0.39 is 0 Å². The van der Waals surface area contributed by atoms with Crippen molar-refractivity contribution in [1.29, 1.82) is 0 Å². The molecule has 1 aliphatic heterocycles. The van der Waals surface area contributed by atoms with E-state index in [1.54, 1.807) is 0 Å². The Bertz CT molecular complexity index is 967. The third-order valence-electron chi connectivity index (χ3n) is 5.82. The number of carbonyl (C=O) groups excluding carboxylic acids is 1. The molecule has 1 fully saturated rings. The van der Waals surface area contributed by atoms with Gasteiger partial charge in [0.05, 0.1) is 12.8 Å². The van der Waals surface area contributed by atoms with Gasteiger partial charge in [-0.2, -0.15) is 0 Å². The Balaban J connectivity index is 1.63. The number of hydrogen-bond donors (Lipinski definition) is 1. The molecule has 148 valence electrons. The number of amides is 1. The van der Waals surface area contributed by atoms with Gasteiger partial charge in [0.2, 0.25) is 11.4 Å². The van der Waals surface area contributed by atoms with Crippen LogP contribution in [0.3, 0.4) is 0 Å². The van der Waals surface area contributed by atoms with Crippen molar-refractivity contribution in [2.24, 2.45) is 0 Å². The van der Waals surface area contributed by atoms with E-state index in [1.165, 1.54) is 24.9 Å². The smallest absolute Gasteiger partial charge is 0.270 e. The normalized spacial score (nSPS) is 20.9. The van der Waals surface area contributed by atoms with Crippen molar-refractivity contribution in [3.8, 4) is 5.75 Å². The first-order valence-electron chi connectivity index (χ1n) is 9.53. The Labute approximate surface area is 163 Å². The number of nitrogens with one attached hydrogen (secondary N) is 1. The molecule has 1 unspecified atom stereocenters. The number of piperidine rings is 1. The van der Waals surface area contributed by atoms with Gasteiger partial charge < -0.3 is 19.5 Å². The number of pyridine rings is 1. The number of ether oxygens (including phenoxy) is 1. The van der Waals surface area contributed by atoms with Crippen LogP contribution in [-0.4, -0.2) is 60.1 Å². The zero-order valence-electron chi connectivity index (χ0n) is 16.5.